The van der Waals surface area contributed by atoms with Gasteiger partial charge in [0.05, 0.1) is 18.6 Å². The highest BCUT2D eigenvalue weighted by molar-refractivity contribution is 5.96. The Labute approximate surface area is 205 Å². The lowest BCUT2D eigenvalue weighted by Gasteiger charge is -2.48. The zero-order valence-corrected chi connectivity index (χ0v) is 21.2. The Hall–Kier alpha value is -2.29. The third-order valence-electron chi connectivity index (χ3n) is 9.26. The van der Waals surface area contributed by atoms with Gasteiger partial charge in [-0.2, -0.15) is 0 Å². The number of fused-ring (bicyclic) bond motifs is 3. The summed E-state index contributed by atoms with van der Waals surface area (Å²) in [5.74, 6) is -2.56. The van der Waals surface area contributed by atoms with E-state index in [1.807, 2.05) is 13.8 Å². The molecule has 2 fully saturated rings. The molecule has 0 heterocycles. The monoisotopic (exact) mass is 488 g/mol. The third kappa shape index (κ3) is 3.33. The number of esters is 2. The number of carbonyl (C=O) groups excluding carboxylic acids is 3. The van der Waals surface area contributed by atoms with E-state index in [0.717, 1.165) is 0 Å². The lowest BCUT2D eigenvalue weighted by Crippen LogP contribution is -2.65. The standard InChI is InChI=1S/C27H36O8/c1-7-13(2)24(32)35-23-14(3)10-26-15(4)8-19-20(25(19,6)12-34-16(5)29)18(22(26)31)9-17(11-28)21(30)27(23,26)33/h7,9-10,15,18-21,23,28,30,33H,8,11-12H2,1-6H3. The summed E-state index contributed by atoms with van der Waals surface area (Å²) in [6.07, 6.45) is 2.52. The fourth-order valence-electron chi connectivity index (χ4n) is 7.20. The van der Waals surface area contributed by atoms with Crippen LogP contribution in [-0.4, -0.2) is 64.1 Å². The maximum absolute atomic E-state index is 14.4. The second-order valence-electron chi connectivity index (χ2n) is 11.1. The van der Waals surface area contributed by atoms with Crippen molar-refractivity contribution in [3.63, 3.8) is 0 Å². The summed E-state index contributed by atoms with van der Waals surface area (Å²) in [6.45, 7) is 9.78. The molecular formula is C27H36O8. The van der Waals surface area contributed by atoms with Crippen LogP contribution in [0.25, 0.3) is 0 Å². The second kappa shape index (κ2) is 8.39. The van der Waals surface area contributed by atoms with Crippen LogP contribution in [0.2, 0.25) is 0 Å². The molecular weight excluding hydrogens is 452 g/mol. The number of rotatable bonds is 5. The maximum atomic E-state index is 14.4. The molecule has 2 bridgehead atoms. The molecule has 4 rings (SSSR count). The van der Waals surface area contributed by atoms with E-state index in [4.69, 9.17) is 9.47 Å². The van der Waals surface area contributed by atoms with E-state index in [1.54, 1.807) is 39.0 Å². The van der Waals surface area contributed by atoms with Gasteiger partial charge in [-0.05, 0) is 56.1 Å². The number of allylic oxidation sites excluding steroid dienone is 2. The zero-order valence-electron chi connectivity index (χ0n) is 21.2. The molecule has 4 aliphatic rings. The molecule has 4 aliphatic carbocycles. The van der Waals surface area contributed by atoms with E-state index in [9.17, 15) is 29.7 Å². The molecule has 0 radical (unpaired) electrons. The van der Waals surface area contributed by atoms with Gasteiger partial charge in [-0.1, -0.05) is 32.1 Å². The van der Waals surface area contributed by atoms with Crippen molar-refractivity contribution in [2.24, 2.45) is 34.5 Å². The molecule has 2 saturated carbocycles. The summed E-state index contributed by atoms with van der Waals surface area (Å²) in [5, 5.41) is 34.0. The van der Waals surface area contributed by atoms with E-state index < -0.39 is 59.0 Å². The van der Waals surface area contributed by atoms with Crippen molar-refractivity contribution in [2.75, 3.05) is 13.2 Å². The first kappa shape index (κ1) is 25.8. The largest absolute Gasteiger partial charge is 0.465 e. The first-order valence-corrected chi connectivity index (χ1v) is 12.2. The molecule has 35 heavy (non-hydrogen) atoms. The normalized spacial score (nSPS) is 44.3. The second-order valence-corrected chi connectivity index (χ2v) is 11.1. The van der Waals surface area contributed by atoms with Gasteiger partial charge in [0, 0.05) is 23.8 Å². The Morgan fingerprint density at radius 2 is 1.94 bits per heavy atom. The number of ketones is 1. The van der Waals surface area contributed by atoms with Gasteiger partial charge in [0.1, 0.15) is 6.10 Å². The number of aliphatic hydroxyl groups is 3. The molecule has 0 aromatic rings. The zero-order chi connectivity index (χ0) is 26.1. The maximum Gasteiger partial charge on any atom is 0.334 e. The van der Waals surface area contributed by atoms with Crippen LogP contribution in [0.1, 0.15) is 48.0 Å². The van der Waals surface area contributed by atoms with Crippen LogP contribution in [0.3, 0.4) is 0 Å². The summed E-state index contributed by atoms with van der Waals surface area (Å²) in [4.78, 5) is 38.6. The van der Waals surface area contributed by atoms with Crippen LogP contribution in [0.4, 0.5) is 0 Å². The van der Waals surface area contributed by atoms with E-state index in [2.05, 4.69) is 0 Å². The van der Waals surface area contributed by atoms with Gasteiger partial charge in [-0.3, -0.25) is 9.59 Å². The molecule has 9 atom stereocenters. The van der Waals surface area contributed by atoms with Crippen molar-refractivity contribution in [1.29, 1.82) is 0 Å². The Balaban J connectivity index is 1.84. The van der Waals surface area contributed by atoms with Gasteiger partial charge in [0.25, 0.3) is 0 Å². The number of hydrogen-bond donors (Lipinski definition) is 3. The van der Waals surface area contributed by atoms with Crippen LogP contribution in [0.15, 0.2) is 34.9 Å². The minimum atomic E-state index is -2.18. The highest BCUT2D eigenvalue weighted by Crippen LogP contribution is 2.72. The summed E-state index contributed by atoms with van der Waals surface area (Å²) >= 11 is 0. The lowest BCUT2D eigenvalue weighted by atomic mass is 9.59. The first-order chi connectivity index (χ1) is 16.3. The Morgan fingerprint density at radius 3 is 2.51 bits per heavy atom. The minimum absolute atomic E-state index is 0.0430. The topological polar surface area (TPSA) is 130 Å². The highest BCUT2D eigenvalue weighted by atomic mass is 16.6. The van der Waals surface area contributed by atoms with Crippen molar-refractivity contribution in [2.45, 2.75) is 65.8 Å². The fraction of sp³-hybridized carbons (Fsp3) is 0.667. The number of ether oxygens (including phenoxy) is 2. The average Bonchev–Trinajstić information content (AvgIpc) is 3.34. The van der Waals surface area contributed by atoms with Gasteiger partial charge in [0.2, 0.25) is 0 Å². The molecule has 8 heteroatoms. The van der Waals surface area contributed by atoms with E-state index >= 15 is 0 Å². The molecule has 0 aromatic carbocycles. The van der Waals surface area contributed by atoms with Crippen molar-refractivity contribution < 1.29 is 39.2 Å². The molecule has 0 saturated heterocycles. The molecule has 9 unspecified atom stereocenters. The Kier molecular flexibility index (Phi) is 6.18. The predicted octanol–water partition coefficient (Wildman–Crippen LogP) is 1.88. The van der Waals surface area contributed by atoms with Crippen LogP contribution in [-0.2, 0) is 23.9 Å². The van der Waals surface area contributed by atoms with Crippen molar-refractivity contribution in [3.8, 4) is 0 Å². The SMILES string of the molecule is CC=C(C)C(=O)OC1C(C)=CC23C(=O)C(C=C(CO)C(O)C12O)C1C(CC3C)C1(C)COC(C)=O. The predicted molar refractivity (Wildman–Crippen MR) is 126 cm³/mol. The molecule has 192 valence electrons. The summed E-state index contributed by atoms with van der Waals surface area (Å²) in [5.41, 5.74) is -3.18. The molecule has 0 aromatic heterocycles. The van der Waals surface area contributed by atoms with Crippen molar-refractivity contribution in [1.82, 2.24) is 0 Å². The molecule has 8 nitrogen and oxygen atoms in total. The first-order valence-electron chi connectivity index (χ1n) is 12.2. The fourth-order valence-corrected chi connectivity index (χ4v) is 7.20. The van der Waals surface area contributed by atoms with Gasteiger partial charge in [0.15, 0.2) is 17.5 Å². The van der Waals surface area contributed by atoms with Crippen LogP contribution >= 0.6 is 0 Å². The number of hydrogen-bond acceptors (Lipinski definition) is 8. The summed E-state index contributed by atoms with van der Waals surface area (Å²) in [6, 6.07) is 0. The lowest BCUT2D eigenvalue weighted by molar-refractivity contribution is -0.201. The quantitative estimate of drug-likeness (QED) is 0.304. The summed E-state index contributed by atoms with van der Waals surface area (Å²) in [7, 11) is 0. The number of aliphatic hydroxyl groups excluding tert-OH is 2. The molecule has 3 N–H and O–H groups in total. The molecule has 1 spiro atoms. The smallest absolute Gasteiger partial charge is 0.334 e. The third-order valence-corrected chi connectivity index (χ3v) is 9.26. The van der Waals surface area contributed by atoms with Gasteiger partial charge >= 0.3 is 11.9 Å². The number of Topliss-reactive ketones (excluding diaryl/α,β-unsaturated/α-hetero) is 1. The van der Waals surface area contributed by atoms with Gasteiger partial charge < -0.3 is 24.8 Å². The van der Waals surface area contributed by atoms with Crippen molar-refractivity contribution in [3.05, 3.63) is 34.9 Å². The van der Waals surface area contributed by atoms with Crippen molar-refractivity contribution >= 4 is 17.7 Å². The summed E-state index contributed by atoms with van der Waals surface area (Å²) < 4.78 is 11.1. The van der Waals surface area contributed by atoms with Crippen LogP contribution in [0, 0.1) is 34.5 Å². The minimum Gasteiger partial charge on any atom is -0.465 e. The van der Waals surface area contributed by atoms with Crippen LogP contribution < -0.4 is 0 Å². The van der Waals surface area contributed by atoms with E-state index in [1.165, 1.54) is 6.92 Å². The Morgan fingerprint density at radius 1 is 1.29 bits per heavy atom. The molecule has 0 aliphatic heterocycles. The molecule has 0 amide bonds. The van der Waals surface area contributed by atoms with Gasteiger partial charge in [-0.15, -0.1) is 0 Å². The highest BCUT2D eigenvalue weighted by Gasteiger charge is 2.77. The Bertz CT molecular complexity index is 1060. The van der Waals surface area contributed by atoms with Crippen LogP contribution in [0.5, 0.6) is 0 Å². The number of carbonyl (C=O) groups is 3. The van der Waals surface area contributed by atoms with E-state index in [-0.39, 0.29) is 29.8 Å². The average molecular weight is 489 g/mol. The van der Waals surface area contributed by atoms with E-state index in [0.29, 0.717) is 17.6 Å². The van der Waals surface area contributed by atoms with Gasteiger partial charge in [-0.25, -0.2) is 4.79 Å².